The van der Waals surface area contributed by atoms with Gasteiger partial charge in [0.05, 0.1) is 7.11 Å². The molecule has 0 bridgehead atoms. The summed E-state index contributed by atoms with van der Waals surface area (Å²) in [5.74, 6) is -0.218. The zero-order chi connectivity index (χ0) is 22.0. The van der Waals surface area contributed by atoms with Crippen molar-refractivity contribution in [3.63, 3.8) is 0 Å². The van der Waals surface area contributed by atoms with Crippen LogP contribution in [-0.4, -0.2) is 27.0 Å². The van der Waals surface area contributed by atoms with E-state index in [0.717, 1.165) is 5.56 Å². The number of carbonyl (C=O) groups excluding carboxylic acids is 1. The standard InChI is InChI=1S/C22H30N2O4S/c1-21(2,3)16-10-8-9-11-17(16)23-20(25)15-12-13-18(28-7)19(14-15)29(26,27)24-22(4,5)6/h8-14,24H,1-7H3,(H,23,25). The minimum atomic E-state index is -3.88. The zero-order valence-corrected chi connectivity index (χ0v) is 18.9. The van der Waals surface area contributed by atoms with Gasteiger partial charge in [0.15, 0.2) is 0 Å². The van der Waals surface area contributed by atoms with Crippen LogP contribution in [0.5, 0.6) is 5.75 Å². The predicted octanol–water partition coefficient (Wildman–Crippen LogP) is 4.32. The Kier molecular flexibility index (Phi) is 6.45. The van der Waals surface area contributed by atoms with Crippen LogP contribution in [0, 0.1) is 0 Å². The number of ether oxygens (including phenoxy) is 1. The number of rotatable bonds is 5. The molecule has 0 aromatic heterocycles. The third-order valence-electron chi connectivity index (χ3n) is 4.14. The summed E-state index contributed by atoms with van der Waals surface area (Å²) >= 11 is 0. The van der Waals surface area contributed by atoms with E-state index in [9.17, 15) is 13.2 Å². The molecule has 0 saturated heterocycles. The van der Waals surface area contributed by atoms with Crippen LogP contribution in [0.2, 0.25) is 0 Å². The fourth-order valence-corrected chi connectivity index (χ4v) is 4.54. The van der Waals surface area contributed by atoms with Crippen LogP contribution in [0.3, 0.4) is 0 Å². The van der Waals surface area contributed by atoms with Crippen molar-refractivity contribution in [2.75, 3.05) is 12.4 Å². The van der Waals surface area contributed by atoms with Gasteiger partial charge in [-0.15, -0.1) is 0 Å². The predicted molar refractivity (Wildman–Crippen MR) is 116 cm³/mol. The minimum Gasteiger partial charge on any atom is -0.495 e. The lowest BCUT2D eigenvalue weighted by atomic mass is 9.86. The lowest BCUT2D eigenvalue weighted by Crippen LogP contribution is -2.40. The number of para-hydroxylation sites is 1. The highest BCUT2D eigenvalue weighted by Crippen LogP contribution is 2.30. The second-order valence-corrected chi connectivity index (χ2v) is 10.6. The van der Waals surface area contributed by atoms with Crippen LogP contribution < -0.4 is 14.8 Å². The van der Waals surface area contributed by atoms with Gasteiger partial charge in [-0.3, -0.25) is 4.79 Å². The van der Waals surface area contributed by atoms with Gasteiger partial charge in [0.1, 0.15) is 10.6 Å². The van der Waals surface area contributed by atoms with Crippen molar-refractivity contribution in [3.05, 3.63) is 53.6 Å². The van der Waals surface area contributed by atoms with Gasteiger partial charge in [-0.05, 0) is 56.0 Å². The van der Waals surface area contributed by atoms with Crippen LogP contribution in [-0.2, 0) is 15.4 Å². The zero-order valence-electron chi connectivity index (χ0n) is 18.1. The van der Waals surface area contributed by atoms with Gasteiger partial charge < -0.3 is 10.1 Å². The minimum absolute atomic E-state index is 0.0771. The van der Waals surface area contributed by atoms with Crippen molar-refractivity contribution < 1.29 is 17.9 Å². The van der Waals surface area contributed by atoms with E-state index in [1.807, 2.05) is 24.3 Å². The number of carbonyl (C=O) groups is 1. The first-order valence-electron chi connectivity index (χ1n) is 9.37. The Morgan fingerprint density at radius 3 is 2.14 bits per heavy atom. The molecule has 2 rings (SSSR count). The molecule has 7 heteroatoms. The third kappa shape index (κ3) is 5.81. The van der Waals surface area contributed by atoms with Crippen LogP contribution >= 0.6 is 0 Å². The van der Waals surface area contributed by atoms with Crippen LogP contribution in [0.4, 0.5) is 5.69 Å². The summed E-state index contributed by atoms with van der Waals surface area (Å²) in [4.78, 5) is 12.8. The van der Waals surface area contributed by atoms with Gasteiger partial charge in [-0.2, -0.15) is 0 Å². The highest BCUT2D eigenvalue weighted by molar-refractivity contribution is 7.89. The van der Waals surface area contributed by atoms with E-state index < -0.39 is 21.5 Å². The van der Waals surface area contributed by atoms with Crippen molar-refractivity contribution >= 4 is 21.6 Å². The van der Waals surface area contributed by atoms with Gasteiger partial charge in [0, 0.05) is 16.8 Å². The van der Waals surface area contributed by atoms with E-state index in [4.69, 9.17) is 4.74 Å². The number of anilines is 1. The summed E-state index contributed by atoms with van der Waals surface area (Å²) in [5.41, 5.74) is 1.08. The number of methoxy groups -OCH3 is 1. The molecule has 158 valence electrons. The maximum atomic E-state index is 12.9. The van der Waals surface area contributed by atoms with E-state index in [-0.39, 0.29) is 21.6 Å². The summed E-state index contributed by atoms with van der Waals surface area (Å²) in [5, 5.41) is 2.90. The Morgan fingerprint density at radius 2 is 1.59 bits per heavy atom. The van der Waals surface area contributed by atoms with Gasteiger partial charge in [-0.25, -0.2) is 13.1 Å². The first-order chi connectivity index (χ1) is 13.2. The molecular weight excluding hydrogens is 388 g/mol. The van der Waals surface area contributed by atoms with Crippen LogP contribution in [0.1, 0.15) is 57.5 Å². The van der Waals surface area contributed by atoms with E-state index >= 15 is 0 Å². The van der Waals surface area contributed by atoms with Crippen molar-refractivity contribution in [2.45, 2.75) is 57.4 Å². The average molecular weight is 419 g/mol. The fourth-order valence-electron chi connectivity index (χ4n) is 2.93. The Labute approximate surface area is 173 Å². The summed E-state index contributed by atoms with van der Waals surface area (Å²) < 4.78 is 33.5. The van der Waals surface area contributed by atoms with E-state index in [0.29, 0.717) is 5.69 Å². The second kappa shape index (κ2) is 8.16. The number of nitrogens with one attached hydrogen (secondary N) is 2. The van der Waals surface area contributed by atoms with Crippen molar-refractivity contribution in [2.24, 2.45) is 0 Å². The quantitative estimate of drug-likeness (QED) is 0.757. The highest BCUT2D eigenvalue weighted by Gasteiger charge is 2.27. The molecule has 0 aliphatic heterocycles. The first-order valence-corrected chi connectivity index (χ1v) is 10.9. The van der Waals surface area contributed by atoms with E-state index in [1.165, 1.54) is 19.2 Å². The molecule has 0 aliphatic rings. The van der Waals surface area contributed by atoms with E-state index in [2.05, 4.69) is 30.8 Å². The number of hydrogen-bond acceptors (Lipinski definition) is 4. The fraction of sp³-hybridized carbons (Fsp3) is 0.409. The summed E-state index contributed by atoms with van der Waals surface area (Å²) in [6, 6.07) is 11.9. The maximum Gasteiger partial charge on any atom is 0.255 e. The molecule has 0 heterocycles. The molecule has 0 spiro atoms. The van der Waals surface area contributed by atoms with Gasteiger partial charge >= 0.3 is 0 Å². The topological polar surface area (TPSA) is 84.5 Å². The third-order valence-corrected chi connectivity index (χ3v) is 5.92. The molecule has 2 N–H and O–H groups in total. The number of amides is 1. The van der Waals surface area contributed by atoms with Gasteiger partial charge in [0.25, 0.3) is 5.91 Å². The lowest BCUT2D eigenvalue weighted by Gasteiger charge is -2.23. The van der Waals surface area contributed by atoms with Crippen LogP contribution in [0.15, 0.2) is 47.4 Å². The molecule has 0 saturated carbocycles. The molecule has 0 aliphatic carbocycles. The maximum absolute atomic E-state index is 12.9. The van der Waals surface area contributed by atoms with E-state index in [1.54, 1.807) is 26.8 Å². The smallest absolute Gasteiger partial charge is 0.255 e. The van der Waals surface area contributed by atoms with Crippen molar-refractivity contribution in [1.82, 2.24) is 4.72 Å². The molecule has 0 atom stereocenters. The summed E-state index contributed by atoms with van der Waals surface area (Å²) in [6.45, 7) is 11.4. The average Bonchev–Trinajstić information content (AvgIpc) is 2.58. The Morgan fingerprint density at radius 1 is 0.966 bits per heavy atom. The Balaban J connectivity index is 2.44. The SMILES string of the molecule is COc1ccc(C(=O)Nc2ccccc2C(C)(C)C)cc1S(=O)(=O)NC(C)(C)C. The second-order valence-electron chi connectivity index (χ2n) is 8.97. The molecule has 0 radical (unpaired) electrons. The Hall–Kier alpha value is -2.38. The first kappa shape index (κ1) is 22.9. The highest BCUT2D eigenvalue weighted by atomic mass is 32.2. The molecular formula is C22H30N2O4S. The van der Waals surface area contributed by atoms with Gasteiger partial charge in [-0.1, -0.05) is 39.0 Å². The van der Waals surface area contributed by atoms with Crippen LogP contribution in [0.25, 0.3) is 0 Å². The molecule has 1 amide bonds. The van der Waals surface area contributed by atoms with Crippen molar-refractivity contribution in [1.29, 1.82) is 0 Å². The molecule has 2 aromatic rings. The number of benzene rings is 2. The largest absolute Gasteiger partial charge is 0.495 e. The molecule has 0 unspecified atom stereocenters. The number of hydrogen-bond donors (Lipinski definition) is 2. The van der Waals surface area contributed by atoms with Crippen molar-refractivity contribution in [3.8, 4) is 5.75 Å². The molecule has 2 aromatic carbocycles. The monoisotopic (exact) mass is 418 g/mol. The molecule has 29 heavy (non-hydrogen) atoms. The number of sulfonamides is 1. The van der Waals surface area contributed by atoms with Gasteiger partial charge in [0.2, 0.25) is 10.0 Å². The molecule has 6 nitrogen and oxygen atoms in total. The summed E-state index contributed by atoms with van der Waals surface area (Å²) in [6.07, 6.45) is 0. The molecule has 0 fully saturated rings. The summed E-state index contributed by atoms with van der Waals surface area (Å²) in [7, 11) is -2.48. The Bertz CT molecular complexity index is 1000. The normalized spacial score (nSPS) is 12.5. The lowest BCUT2D eigenvalue weighted by molar-refractivity contribution is 0.102.